The molecule has 0 bridgehead atoms. The minimum Gasteiger partial charge on any atom is -0.466 e. The van der Waals surface area contributed by atoms with E-state index in [1.165, 1.54) is 0 Å². The summed E-state index contributed by atoms with van der Waals surface area (Å²) < 4.78 is 10.4. The summed E-state index contributed by atoms with van der Waals surface area (Å²) in [4.78, 5) is 28.6. The minimum atomic E-state index is -0.261. The predicted molar refractivity (Wildman–Crippen MR) is 152 cm³/mol. The molecule has 0 unspecified atom stereocenters. The zero-order valence-electron chi connectivity index (χ0n) is 22.7. The Balaban J connectivity index is 1.40. The molecule has 0 amide bonds. The maximum Gasteiger partial charge on any atom is 0.305 e. The number of nitrogens with zero attached hydrogens (tertiary/aromatic N) is 2. The van der Waals surface area contributed by atoms with E-state index in [1.54, 1.807) is 6.92 Å². The van der Waals surface area contributed by atoms with Crippen LogP contribution in [0.5, 0.6) is 0 Å². The molecule has 1 heterocycles. The summed E-state index contributed by atoms with van der Waals surface area (Å²) in [6.45, 7) is 6.53. The van der Waals surface area contributed by atoms with Crippen molar-refractivity contribution in [3.8, 4) is 22.8 Å². The van der Waals surface area contributed by atoms with Crippen molar-refractivity contribution in [3.63, 3.8) is 0 Å². The number of carbonyl (C=O) groups excluding carboxylic acids is 2. The van der Waals surface area contributed by atoms with Gasteiger partial charge in [-0.15, -0.1) is 0 Å². The molecular weight excluding hydrogens is 490 g/mol. The Morgan fingerprint density at radius 1 is 0.897 bits per heavy atom. The summed E-state index contributed by atoms with van der Waals surface area (Å²) in [5, 5.41) is 7.79. The number of carbonyl (C=O) groups is 2. The first-order valence-corrected chi connectivity index (χ1v) is 13.5. The molecule has 0 aliphatic carbocycles. The molecule has 7 nitrogen and oxygen atoms in total. The van der Waals surface area contributed by atoms with Crippen LogP contribution in [0.25, 0.3) is 22.8 Å². The molecule has 0 aliphatic heterocycles. The molecule has 39 heavy (non-hydrogen) atoms. The lowest BCUT2D eigenvalue weighted by Crippen LogP contribution is -2.13. The number of nitrogens with one attached hydrogen (secondary N) is 1. The smallest absolute Gasteiger partial charge is 0.305 e. The lowest BCUT2D eigenvalue weighted by Gasteiger charge is -2.22. The average Bonchev–Trinajstić information content (AvgIpc) is 3.44. The molecular formula is C32H35N3O4. The van der Waals surface area contributed by atoms with Gasteiger partial charge < -0.3 is 14.6 Å². The lowest BCUT2D eigenvalue weighted by molar-refractivity contribution is -0.143. The highest BCUT2D eigenvalue weighted by molar-refractivity contribution is 5.96. The molecule has 1 N–H and O–H groups in total. The summed E-state index contributed by atoms with van der Waals surface area (Å²) in [7, 11) is 0. The maximum absolute atomic E-state index is 12.5. The quantitative estimate of drug-likeness (QED) is 0.142. The van der Waals surface area contributed by atoms with E-state index in [0.29, 0.717) is 42.6 Å². The van der Waals surface area contributed by atoms with E-state index >= 15 is 0 Å². The molecule has 202 valence electrons. The van der Waals surface area contributed by atoms with Gasteiger partial charge in [-0.1, -0.05) is 61.5 Å². The second-order valence-corrected chi connectivity index (χ2v) is 9.90. The molecule has 0 fully saturated rings. The van der Waals surface area contributed by atoms with Gasteiger partial charge in [-0.2, -0.15) is 4.98 Å². The molecule has 4 rings (SSSR count). The van der Waals surface area contributed by atoms with Crippen molar-refractivity contribution in [3.05, 3.63) is 90.0 Å². The third kappa shape index (κ3) is 7.87. The maximum atomic E-state index is 12.5. The summed E-state index contributed by atoms with van der Waals surface area (Å²) in [5.41, 5.74) is 4.51. The molecule has 3 aromatic carbocycles. The van der Waals surface area contributed by atoms with E-state index in [-0.39, 0.29) is 24.2 Å². The first-order chi connectivity index (χ1) is 18.9. The highest BCUT2D eigenvalue weighted by atomic mass is 16.5. The van der Waals surface area contributed by atoms with Gasteiger partial charge in [0.05, 0.1) is 12.6 Å². The van der Waals surface area contributed by atoms with Gasteiger partial charge in [-0.05, 0) is 67.6 Å². The fraction of sp³-hybridized carbons (Fsp3) is 0.312. The topological polar surface area (TPSA) is 94.3 Å². The van der Waals surface area contributed by atoms with Gasteiger partial charge in [0.1, 0.15) is 0 Å². The zero-order chi connectivity index (χ0) is 27.6. The highest BCUT2D eigenvalue weighted by Gasteiger charge is 2.16. The fourth-order valence-electron chi connectivity index (χ4n) is 4.38. The highest BCUT2D eigenvalue weighted by Crippen LogP contribution is 2.29. The molecule has 0 spiro atoms. The summed E-state index contributed by atoms with van der Waals surface area (Å²) in [6, 6.07) is 25.6. The SMILES string of the molecule is CCOC(=O)CCCC(=O)c1ccc(N[C@@H](CC(C)C)c2ccc(-c3noc(-c4ccccc4)n3)cc2)cc1. The minimum absolute atomic E-state index is 0.0251. The number of aromatic nitrogens is 2. The van der Waals surface area contributed by atoms with Crippen LogP contribution in [-0.2, 0) is 9.53 Å². The molecule has 4 aromatic rings. The monoisotopic (exact) mass is 525 g/mol. The molecule has 0 saturated carbocycles. The van der Waals surface area contributed by atoms with E-state index in [9.17, 15) is 9.59 Å². The third-order valence-corrected chi connectivity index (χ3v) is 6.36. The molecule has 0 aliphatic rings. The van der Waals surface area contributed by atoms with Gasteiger partial charge in [-0.25, -0.2) is 0 Å². The summed E-state index contributed by atoms with van der Waals surface area (Å²) in [5.74, 6) is 1.29. The number of anilines is 1. The van der Waals surface area contributed by atoms with Crippen LogP contribution in [0.4, 0.5) is 5.69 Å². The van der Waals surface area contributed by atoms with Crippen LogP contribution in [0.1, 0.15) is 68.4 Å². The van der Waals surface area contributed by atoms with Crippen LogP contribution in [0.2, 0.25) is 0 Å². The Bertz CT molecular complexity index is 1350. The van der Waals surface area contributed by atoms with Crippen LogP contribution in [-0.4, -0.2) is 28.5 Å². The lowest BCUT2D eigenvalue weighted by atomic mass is 9.95. The Morgan fingerprint density at radius 2 is 1.62 bits per heavy atom. The van der Waals surface area contributed by atoms with Crippen LogP contribution in [0, 0.1) is 5.92 Å². The number of esters is 1. The van der Waals surface area contributed by atoms with Gasteiger partial charge >= 0.3 is 5.97 Å². The van der Waals surface area contributed by atoms with Gasteiger partial charge in [0.25, 0.3) is 5.89 Å². The molecule has 0 saturated heterocycles. The van der Waals surface area contributed by atoms with E-state index in [2.05, 4.69) is 41.4 Å². The average molecular weight is 526 g/mol. The van der Waals surface area contributed by atoms with Crippen LogP contribution < -0.4 is 5.32 Å². The third-order valence-electron chi connectivity index (χ3n) is 6.36. The van der Waals surface area contributed by atoms with Gasteiger partial charge in [0.15, 0.2) is 5.78 Å². The number of rotatable bonds is 13. The number of ether oxygens (including phenoxy) is 1. The Morgan fingerprint density at radius 3 is 2.28 bits per heavy atom. The van der Waals surface area contributed by atoms with Crippen LogP contribution in [0.15, 0.2) is 83.4 Å². The van der Waals surface area contributed by atoms with E-state index < -0.39 is 0 Å². The summed E-state index contributed by atoms with van der Waals surface area (Å²) >= 11 is 0. The molecule has 1 aromatic heterocycles. The Hall–Kier alpha value is -4.26. The van der Waals surface area contributed by atoms with Crippen molar-refractivity contribution >= 4 is 17.4 Å². The fourth-order valence-corrected chi connectivity index (χ4v) is 4.38. The van der Waals surface area contributed by atoms with Crippen molar-refractivity contribution in [2.75, 3.05) is 11.9 Å². The van der Waals surface area contributed by atoms with Crippen molar-refractivity contribution < 1.29 is 18.8 Å². The van der Waals surface area contributed by atoms with Crippen molar-refractivity contribution in [1.82, 2.24) is 10.1 Å². The number of hydrogen-bond donors (Lipinski definition) is 1. The Kier molecular flexibility index (Phi) is 9.62. The zero-order valence-corrected chi connectivity index (χ0v) is 22.7. The predicted octanol–water partition coefficient (Wildman–Crippen LogP) is 7.52. The van der Waals surface area contributed by atoms with E-state index in [1.807, 2.05) is 66.7 Å². The number of Topliss-reactive ketones (excluding diaryl/α,β-unsaturated/α-hetero) is 1. The molecule has 7 heteroatoms. The second kappa shape index (κ2) is 13.5. The van der Waals surface area contributed by atoms with E-state index in [0.717, 1.165) is 28.8 Å². The van der Waals surface area contributed by atoms with Crippen LogP contribution in [0.3, 0.4) is 0 Å². The normalized spacial score (nSPS) is 11.8. The second-order valence-electron chi connectivity index (χ2n) is 9.90. The number of ketones is 1. The van der Waals surface area contributed by atoms with Crippen molar-refractivity contribution in [2.24, 2.45) is 5.92 Å². The van der Waals surface area contributed by atoms with Gasteiger partial charge in [-0.3, -0.25) is 9.59 Å². The van der Waals surface area contributed by atoms with Gasteiger partial charge in [0, 0.05) is 35.2 Å². The molecule has 1 atom stereocenters. The van der Waals surface area contributed by atoms with Gasteiger partial charge in [0.2, 0.25) is 5.82 Å². The molecule has 0 radical (unpaired) electrons. The van der Waals surface area contributed by atoms with Crippen molar-refractivity contribution in [2.45, 2.75) is 52.5 Å². The van der Waals surface area contributed by atoms with E-state index in [4.69, 9.17) is 9.26 Å². The van der Waals surface area contributed by atoms with Crippen molar-refractivity contribution in [1.29, 1.82) is 0 Å². The summed E-state index contributed by atoms with van der Waals surface area (Å²) in [6.07, 6.45) is 2.01. The number of hydrogen-bond acceptors (Lipinski definition) is 7. The first-order valence-electron chi connectivity index (χ1n) is 13.5. The first kappa shape index (κ1) is 27.8. The largest absolute Gasteiger partial charge is 0.466 e. The standard InChI is InChI=1S/C32H35N3O4/c1-4-38-30(37)12-8-11-29(36)24-17-19-27(20-18-24)33-28(21-22(2)3)23-13-15-25(16-14-23)31-34-32(39-35-31)26-9-6-5-7-10-26/h5-7,9-10,13-20,22,28,33H,4,8,11-12,21H2,1-3H3/t28-/m0/s1. The van der Waals surface area contributed by atoms with Crippen LogP contribution >= 0.6 is 0 Å². The number of benzene rings is 3. The Labute approximate surface area is 229 Å².